The maximum absolute atomic E-state index is 5.32. The average molecular weight is 794 g/mol. The molecule has 1 aromatic heterocycles. The van der Waals surface area contributed by atoms with Crippen LogP contribution in [0, 0.1) is 0 Å². The minimum absolute atomic E-state index is 0.0851. The highest BCUT2D eigenvalue weighted by atomic mass is 15.0. The van der Waals surface area contributed by atoms with E-state index in [2.05, 4.69) is 179 Å². The Bertz CT molecular complexity index is 3400. The number of benzene rings is 9. The maximum Gasteiger partial charge on any atom is 0.165 e. The molecule has 0 unspecified atom stereocenters. The first-order chi connectivity index (χ1) is 30.3. The largest absolute Gasteiger partial charge is 0.208 e. The molecular formula is C59H43N3. The zero-order chi connectivity index (χ0) is 41.7. The molecule has 0 bridgehead atoms. The van der Waals surface area contributed by atoms with Gasteiger partial charge in [0, 0.05) is 27.5 Å². The molecule has 12 rings (SSSR count). The van der Waals surface area contributed by atoms with Crippen LogP contribution in [0.5, 0.6) is 0 Å². The lowest BCUT2D eigenvalue weighted by Gasteiger charge is -2.22. The fraction of sp³-hybridized carbons (Fsp3) is 0.102. The Labute approximate surface area is 362 Å². The van der Waals surface area contributed by atoms with Crippen molar-refractivity contribution in [1.29, 1.82) is 0 Å². The number of hydrogen-bond acceptors (Lipinski definition) is 3. The molecule has 9 aromatic carbocycles. The smallest absolute Gasteiger partial charge is 0.165 e. The van der Waals surface area contributed by atoms with Gasteiger partial charge in [-0.2, -0.15) is 0 Å². The van der Waals surface area contributed by atoms with E-state index in [0.717, 1.165) is 38.2 Å². The predicted octanol–water partition coefficient (Wildman–Crippen LogP) is 15.1. The van der Waals surface area contributed by atoms with Crippen LogP contribution in [-0.4, -0.2) is 15.0 Å². The molecule has 0 aliphatic heterocycles. The lowest BCUT2D eigenvalue weighted by molar-refractivity contribution is 0.660. The predicted molar refractivity (Wildman–Crippen MR) is 257 cm³/mol. The van der Waals surface area contributed by atoms with Crippen molar-refractivity contribution >= 4 is 21.5 Å². The number of nitrogens with zero attached hydrogens (tertiary/aromatic N) is 3. The number of aromatic nitrogens is 3. The SMILES string of the molecule is CC1(C)c2ccccc2-c2cc(-c3c4ccccc4c(-c4nc(-c5ccccc5)nc(-c5ccccc5)n4)c4ccc(-c5ccc6c(c5)C(C)(C)c5ccccc5-6)cc34)ccc21. The average Bonchev–Trinajstić information content (AvgIpc) is 3.69. The number of hydrogen-bond donors (Lipinski definition) is 0. The van der Waals surface area contributed by atoms with Crippen LogP contribution in [0.4, 0.5) is 0 Å². The third kappa shape index (κ3) is 5.41. The van der Waals surface area contributed by atoms with E-state index >= 15 is 0 Å². The lowest BCUT2D eigenvalue weighted by Crippen LogP contribution is -2.14. The highest BCUT2D eigenvalue weighted by Gasteiger charge is 2.37. The highest BCUT2D eigenvalue weighted by Crippen LogP contribution is 2.53. The molecule has 0 amide bonds. The first-order valence-electron chi connectivity index (χ1n) is 21.6. The van der Waals surface area contributed by atoms with E-state index in [1.807, 2.05) is 36.4 Å². The van der Waals surface area contributed by atoms with Gasteiger partial charge in [-0.25, -0.2) is 15.0 Å². The second-order valence-electron chi connectivity index (χ2n) is 18.0. The quantitative estimate of drug-likeness (QED) is 0.163. The van der Waals surface area contributed by atoms with E-state index in [4.69, 9.17) is 15.0 Å². The Hall–Kier alpha value is -7.49. The first kappa shape index (κ1) is 36.4. The highest BCUT2D eigenvalue weighted by molar-refractivity contribution is 6.21. The molecule has 0 saturated heterocycles. The monoisotopic (exact) mass is 793 g/mol. The second-order valence-corrected chi connectivity index (χ2v) is 18.0. The fourth-order valence-corrected chi connectivity index (χ4v) is 10.6. The Balaban J connectivity index is 1.15. The summed E-state index contributed by atoms with van der Waals surface area (Å²) < 4.78 is 0. The maximum atomic E-state index is 5.32. The molecule has 2 aliphatic carbocycles. The first-order valence-corrected chi connectivity index (χ1v) is 21.6. The van der Waals surface area contributed by atoms with Gasteiger partial charge < -0.3 is 0 Å². The molecule has 0 saturated carbocycles. The van der Waals surface area contributed by atoms with E-state index in [-0.39, 0.29) is 10.8 Å². The van der Waals surface area contributed by atoms with Crippen LogP contribution in [0.3, 0.4) is 0 Å². The van der Waals surface area contributed by atoms with Crippen LogP contribution in [0.1, 0.15) is 49.9 Å². The van der Waals surface area contributed by atoms with Crippen molar-refractivity contribution < 1.29 is 0 Å². The number of fused-ring (bicyclic) bond motifs is 8. The molecule has 0 atom stereocenters. The van der Waals surface area contributed by atoms with Gasteiger partial charge in [-0.15, -0.1) is 0 Å². The molecule has 294 valence electrons. The van der Waals surface area contributed by atoms with E-state index in [9.17, 15) is 0 Å². The third-order valence-corrected chi connectivity index (χ3v) is 13.7. The summed E-state index contributed by atoms with van der Waals surface area (Å²) in [4.78, 5) is 15.7. The van der Waals surface area contributed by atoms with E-state index in [1.165, 1.54) is 66.8 Å². The normalized spacial score (nSPS) is 14.1. The Morgan fingerprint density at radius 1 is 0.274 bits per heavy atom. The summed E-state index contributed by atoms with van der Waals surface area (Å²) in [7, 11) is 0. The molecule has 0 radical (unpaired) electrons. The van der Waals surface area contributed by atoms with Gasteiger partial charge in [-0.05, 0) is 107 Å². The van der Waals surface area contributed by atoms with Crippen LogP contribution < -0.4 is 0 Å². The lowest BCUT2D eigenvalue weighted by atomic mass is 9.81. The third-order valence-electron chi connectivity index (χ3n) is 13.7. The fourth-order valence-electron chi connectivity index (χ4n) is 10.6. The summed E-state index contributed by atoms with van der Waals surface area (Å²) >= 11 is 0. The molecular weight excluding hydrogens is 751 g/mol. The van der Waals surface area contributed by atoms with Crippen LogP contribution in [0.15, 0.2) is 188 Å². The summed E-state index contributed by atoms with van der Waals surface area (Å²) in [6.07, 6.45) is 0. The summed E-state index contributed by atoms with van der Waals surface area (Å²) in [5.41, 5.74) is 18.2. The summed E-state index contributed by atoms with van der Waals surface area (Å²) in [6, 6.07) is 68.3. The van der Waals surface area contributed by atoms with Gasteiger partial charge in [-0.1, -0.05) is 198 Å². The summed E-state index contributed by atoms with van der Waals surface area (Å²) in [5, 5.41) is 4.52. The van der Waals surface area contributed by atoms with Gasteiger partial charge in [0.05, 0.1) is 0 Å². The Morgan fingerprint density at radius 3 is 1.39 bits per heavy atom. The van der Waals surface area contributed by atoms with Crippen molar-refractivity contribution in [3.63, 3.8) is 0 Å². The molecule has 0 N–H and O–H groups in total. The van der Waals surface area contributed by atoms with Crippen molar-refractivity contribution in [2.45, 2.75) is 38.5 Å². The Morgan fingerprint density at radius 2 is 0.726 bits per heavy atom. The van der Waals surface area contributed by atoms with Crippen LogP contribution in [-0.2, 0) is 10.8 Å². The van der Waals surface area contributed by atoms with Gasteiger partial charge in [-0.3, -0.25) is 0 Å². The van der Waals surface area contributed by atoms with E-state index in [0.29, 0.717) is 17.5 Å². The minimum atomic E-state index is -0.104. The second kappa shape index (κ2) is 13.5. The molecule has 0 spiro atoms. The molecule has 1 heterocycles. The minimum Gasteiger partial charge on any atom is -0.208 e. The van der Waals surface area contributed by atoms with Crippen LogP contribution >= 0.6 is 0 Å². The van der Waals surface area contributed by atoms with Crippen molar-refractivity contribution in [3.05, 3.63) is 210 Å². The van der Waals surface area contributed by atoms with Gasteiger partial charge in [0.1, 0.15) is 0 Å². The van der Waals surface area contributed by atoms with Gasteiger partial charge in [0.15, 0.2) is 17.5 Å². The van der Waals surface area contributed by atoms with E-state index < -0.39 is 0 Å². The zero-order valence-electron chi connectivity index (χ0n) is 35.2. The van der Waals surface area contributed by atoms with Crippen LogP contribution in [0.2, 0.25) is 0 Å². The van der Waals surface area contributed by atoms with Gasteiger partial charge in [0.25, 0.3) is 0 Å². The molecule has 10 aromatic rings. The number of rotatable bonds is 5. The molecule has 62 heavy (non-hydrogen) atoms. The zero-order valence-corrected chi connectivity index (χ0v) is 35.2. The van der Waals surface area contributed by atoms with E-state index in [1.54, 1.807) is 0 Å². The topological polar surface area (TPSA) is 38.7 Å². The molecule has 3 heteroatoms. The van der Waals surface area contributed by atoms with Crippen molar-refractivity contribution in [2.24, 2.45) is 0 Å². The standard InChI is InChI=1S/C59H43N3/c1-58(2)50-26-16-14-22-42(50)47-34-40(29-32-51(47)58)53-44-23-11-12-24-45(44)54(57-61-55(36-17-7-5-8-18-36)60-56(62-57)37-19-9-6-10-20-37)46-31-28-38(33-48(46)53)39-27-30-43-41-21-13-15-25-49(41)59(3,4)52(43)35-39/h5-35H,1-4H3. The van der Waals surface area contributed by atoms with Gasteiger partial charge >= 0.3 is 0 Å². The summed E-state index contributed by atoms with van der Waals surface area (Å²) in [6.45, 7) is 9.41. The van der Waals surface area contributed by atoms with Crippen molar-refractivity contribution in [1.82, 2.24) is 15.0 Å². The molecule has 0 fully saturated rings. The molecule has 2 aliphatic rings. The van der Waals surface area contributed by atoms with Crippen molar-refractivity contribution in [3.8, 4) is 78.7 Å². The van der Waals surface area contributed by atoms with Crippen molar-refractivity contribution in [2.75, 3.05) is 0 Å². The Kier molecular flexibility index (Phi) is 7.92. The van der Waals surface area contributed by atoms with Crippen LogP contribution in [0.25, 0.3) is 100 Å². The summed E-state index contributed by atoms with van der Waals surface area (Å²) in [5.74, 6) is 1.95. The van der Waals surface area contributed by atoms with Gasteiger partial charge in [0.2, 0.25) is 0 Å². The molecule has 3 nitrogen and oxygen atoms in total.